The minimum atomic E-state index is -3.46. The molecule has 7 heteroatoms. The molecule has 1 amide bonds. The van der Waals surface area contributed by atoms with Gasteiger partial charge in [0.15, 0.2) is 0 Å². The second kappa shape index (κ2) is 9.43. The van der Waals surface area contributed by atoms with Crippen molar-refractivity contribution in [3.63, 3.8) is 0 Å². The van der Waals surface area contributed by atoms with Crippen LogP contribution in [0.4, 0.5) is 4.39 Å². The summed E-state index contributed by atoms with van der Waals surface area (Å²) in [6.45, 7) is 3.71. The van der Waals surface area contributed by atoms with Crippen LogP contribution in [0.15, 0.2) is 54.6 Å². The van der Waals surface area contributed by atoms with Crippen molar-refractivity contribution in [2.45, 2.75) is 32.2 Å². The molecule has 0 unspecified atom stereocenters. The van der Waals surface area contributed by atoms with Crippen LogP contribution in [0.3, 0.4) is 0 Å². The number of hydrogen-bond donors (Lipinski definition) is 2. The molecule has 0 fully saturated rings. The van der Waals surface area contributed by atoms with Gasteiger partial charge < -0.3 is 5.32 Å². The molecular formula is C20H23FN2O3S. The smallest absolute Gasteiger partial charge is 0.244 e. The Bertz CT molecular complexity index is 924. The van der Waals surface area contributed by atoms with E-state index in [1.807, 2.05) is 0 Å². The third-order valence-electron chi connectivity index (χ3n) is 3.61. The maximum Gasteiger partial charge on any atom is 0.244 e. The molecule has 0 saturated heterocycles. The van der Waals surface area contributed by atoms with Crippen LogP contribution in [-0.2, 0) is 27.1 Å². The van der Waals surface area contributed by atoms with E-state index >= 15 is 0 Å². The van der Waals surface area contributed by atoms with E-state index in [0.29, 0.717) is 11.1 Å². The van der Waals surface area contributed by atoms with Gasteiger partial charge in [0.1, 0.15) is 5.82 Å². The first kappa shape index (κ1) is 20.8. The topological polar surface area (TPSA) is 75.3 Å². The second-order valence-electron chi connectivity index (χ2n) is 6.41. The van der Waals surface area contributed by atoms with Gasteiger partial charge in [-0.15, -0.1) is 0 Å². The molecule has 0 aliphatic carbocycles. The van der Waals surface area contributed by atoms with Crippen molar-refractivity contribution >= 4 is 22.0 Å². The summed E-state index contributed by atoms with van der Waals surface area (Å²) in [6, 6.07) is 12.8. The number of halogens is 1. The molecule has 0 saturated carbocycles. The summed E-state index contributed by atoms with van der Waals surface area (Å²) in [5, 5.41) is 2.72. The van der Waals surface area contributed by atoms with Gasteiger partial charge in [0.05, 0.1) is 5.75 Å². The highest BCUT2D eigenvalue weighted by molar-refractivity contribution is 7.88. The molecule has 144 valence electrons. The maximum absolute atomic E-state index is 13.1. The average molecular weight is 390 g/mol. The molecule has 2 N–H and O–H groups in total. The first-order chi connectivity index (χ1) is 12.7. The molecule has 27 heavy (non-hydrogen) atoms. The predicted molar refractivity (Wildman–Crippen MR) is 105 cm³/mol. The number of hydrogen-bond acceptors (Lipinski definition) is 3. The summed E-state index contributed by atoms with van der Waals surface area (Å²) in [4.78, 5) is 12.0. The van der Waals surface area contributed by atoms with E-state index in [1.54, 1.807) is 50.2 Å². The fourth-order valence-corrected chi connectivity index (χ4v) is 3.99. The van der Waals surface area contributed by atoms with Gasteiger partial charge in [0.25, 0.3) is 0 Å². The summed E-state index contributed by atoms with van der Waals surface area (Å²) in [5.41, 5.74) is 1.93. The number of sulfonamides is 1. The van der Waals surface area contributed by atoms with E-state index in [1.165, 1.54) is 24.3 Å². The lowest BCUT2D eigenvalue weighted by atomic mass is 10.1. The van der Waals surface area contributed by atoms with E-state index < -0.39 is 10.0 Å². The van der Waals surface area contributed by atoms with E-state index in [9.17, 15) is 17.6 Å². The normalized spacial score (nSPS) is 11.9. The summed E-state index contributed by atoms with van der Waals surface area (Å²) in [5.74, 6) is -0.879. The molecule has 0 radical (unpaired) electrons. The molecule has 2 aromatic rings. The summed E-state index contributed by atoms with van der Waals surface area (Å²) in [6.07, 6.45) is 2.83. The van der Waals surface area contributed by atoms with E-state index in [2.05, 4.69) is 10.0 Å². The van der Waals surface area contributed by atoms with Crippen LogP contribution in [-0.4, -0.2) is 20.4 Å². The minimum absolute atomic E-state index is 0.156. The molecule has 5 nitrogen and oxygen atoms in total. The second-order valence-corrected chi connectivity index (χ2v) is 8.16. The standard InChI is InChI=1S/C20H23FN2O3S/c1-15(2)23-27(25,26)14-18-8-4-3-7-17(18)13-22-20(24)11-10-16-6-5-9-19(21)12-16/h3-12,15,23H,13-14H2,1-2H3,(H,22,24)/b11-10+. The SMILES string of the molecule is CC(C)NS(=O)(=O)Cc1ccccc1CNC(=O)/C=C/c1cccc(F)c1. The van der Waals surface area contributed by atoms with E-state index in [0.717, 1.165) is 5.56 Å². The largest absolute Gasteiger partial charge is 0.348 e. The number of nitrogens with one attached hydrogen (secondary N) is 2. The Balaban J connectivity index is 2.00. The van der Waals surface area contributed by atoms with Crippen LogP contribution in [0, 0.1) is 5.82 Å². The fourth-order valence-electron chi connectivity index (χ4n) is 2.50. The first-order valence-corrected chi connectivity index (χ1v) is 10.2. The molecule has 2 rings (SSSR count). The van der Waals surface area contributed by atoms with Gasteiger partial charge in [0.2, 0.25) is 15.9 Å². The van der Waals surface area contributed by atoms with Crippen molar-refractivity contribution in [3.05, 3.63) is 77.1 Å². The monoisotopic (exact) mass is 390 g/mol. The van der Waals surface area contributed by atoms with E-state index in [4.69, 9.17) is 0 Å². The van der Waals surface area contributed by atoms with Gasteiger partial charge in [-0.25, -0.2) is 17.5 Å². The third-order valence-corrected chi connectivity index (χ3v) is 5.13. The molecule has 0 heterocycles. The Morgan fingerprint density at radius 3 is 2.48 bits per heavy atom. The highest BCUT2D eigenvalue weighted by atomic mass is 32.2. The quantitative estimate of drug-likeness (QED) is 0.681. The molecule has 0 aliphatic rings. The Hall–Kier alpha value is -2.51. The third kappa shape index (κ3) is 7.32. The van der Waals surface area contributed by atoms with Crippen LogP contribution in [0.25, 0.3) is 6.08 Å². The van der Waals surface area contributed by atoms with Crippen LogP contribution in [0.2, 0.25) is 0 Å². The zero-order valence-electron chi connectivity index (χ0n) is 15.3. The highest BCUT2D eigenvalue weighted by Crippen LogP contribution is 2.12. The lowest BCUT2D eigenvalue weighted by Crippen LogP contribution is -2.31. The van der Waals surface area contributed by atoms with Crippen LogP contribution in [0.5, 0.6) is 0 Å². The lowest BCUT2D eigenvalue weighted by Gasteiger charge is -2.13. The summed E-state index contributed by atoms with van der Waals surface area (Å²) < 4.78 is 40.0. The van der Waals surface area contributed by atoms with Crippen molar-refractivity contribution in [1.29, 1.82) is 0 Å². The molecule has 0 aromatic heterocycles. The summed E-state index contributed by atoms with van der Waals surface area (Å²) in [7, 11) is -3.46. The van der Waals surface area contributed by atoms with Gasteiger partial charge in [-0.1, -0.05) is 36.4 Å². The minimum Gasteiger partial charge on any atom is -0.348 e. The summed E-state index contributed by atoms with van der Waals surface area (Å²) >= 11 is 0. The van der Waals surface area contributed by atoms with Crippen LogP contribution >= 0.6 is 0 Å². The zero-order chi connectivity index (χ0) is 19.9. The number of rotatable bonds is 8. The van der Waals surface area contributed by atoms with Gasteiger partial charge >= 0.3 is 0 Å². The lowest BCUT2D eigenvalue weighted by molar-refractivity contribution is -0.116. The molecular weight excluding hydrogens is 367 g/mol. The molecule has 0 atom stereocenters. The predicted octanol–water partition coefficient (Wildman–Crippen LogP) is 2.98. The van der Waals surface area contributed by atoms with Crippen molar-refractivity contribution in [1.82, 2.24) is 10.0 Å². The Morgan fingerprint density at radius 2 is 1.81 bits per heavy atom. The van der Waals surface area contributed by atoms with Crippen molar-refractivity contribution < 1.29 is 17.6 Å². The maximum atomic E-state index is 13.1. The van der Waals surface area contributed by atoms with Crippen LogP contribution in [0.1, 0.15) is 30.5 Å². The number of carbonyl (C=O) groups is 1. The molecule has 0 bridgehead atoms. The van der Waals surface area contributed by atoms with Gasteiger partial charge in [-0.2, -0.15) is 0 Å². The number of amides is 1. The van der Waals surface area contributed by atoms with Gasteiger partial charge in [0, 0.05) is 18.7 Å². The Kier molecular flexibility index (Phi) is 7.27. The van der Waals surface area contributed by atoms with Crippen molar-refractivity contribution in [3.8, 4) is 0 Å². The Morgan fingerprint density at radius 1 is 1.11 bits per heavy atom. The molecule has 2 aromatic carbocycles. The average Bonchev–Trinajstić information content (AvgIpc) is 2.58. The fraction of sp³-hybridized carbons (Fsp3) is 0.250. The van der Waals surface area contributed by atoms with Crippen molar-refractivity contribution in [2.24, 2.45) is 0 Å². The van der Waals surface area contributed by atoms with Gasteiger partial charge in [-0.05, 0) is 48.7 Å². The van der Waals surface area contributed by atoms with Gasteiger partial charge in [-0.3, -0.25) is 4.79 Å². The number of benzene rings is 2. The molecule has 0 spiro atoms. The zero-order valence-corrected chi connectivity index (χ0v) is 16.1. The van der Waals surface area contributed by atoms with Crippen LogP contribution < -0.4 is 10.0 Å². The number of carbonyl (C=O) groups excluding carboxylic acids is 1. The first-order valence-electron chi connectivity index (χ1n) is 8.53. The highest BCUT2D eigenvalue weighted by Gasteiger charge is 2.15. The Labute approximate surface area is 159 Å². The molecule has 0 aliphatic heterocycles. The van der Waals surface area contributed by atoms with E-state index in [-0.39, 0.29) is 30.1 Å². The van der Waals surface area contributed by atoms with Crippen molar-refractivity contribution in [2.75, 3.05) is 0 Å².